The highest BCUT2D eigenvalue weighted by Gasteiger charge is 2.58. The standard InChI is InChI=1S/C23H35NO8P2/c1-17(2)8-7-9-18(3)12-14-23(33(27,28)29,34(30,31)32)15-13-19(4)16-24-21-11-6-5-10-20(21)22(25)26/h5-6,8,10-13,24H,7,9,14-16H2,1-4H3,(H,25,26)(H2,27,28,29)(H2,30,31,32)/b18-12+,19-13+. The van der Waals surface area contributed by atoms with Crippen LogP contribution in [0.1, 0.15) is 63.7 Å². The van der Waals surface area contributed by atoms with Crippen LogP contribution in [0, 0.1) is 0 Å². The van der Waals surface area contributed by atoms with Gasteiger partial charge in [-0.2, -0.15) is 0 Å². The first-order valence-electron chi connectivity index (χ1n) is 10.7. The van der Waals surface area contributed by atoms with E-state index < -0.39 is 38.9 Å². The van der Waals surface area contributed by atoms with Gasteiger partial charge < -0.3 is 30.0 Å². The van der Waals surface area contributed by atoms with Crippen LogP contribution >= 0.6 is 15.2 Å². The minimum absolute atomic E-state index is 0.0591. The van der Waals surface area contributed by atoms with E-state index in [1.165, 1.54) is 18.2 Å². The van der Waals surface area contributed by atoms with Crippen molar-refractivity contribution >= 4 is 26.8 Å². The molecule has 0 heterocycles. The number of para-hydroxylation sites is 1. The molecule has 0 aliphatic heterocycles. The zero-order chi connectivity index (χ0) is 26.2. The summed E-state index contributed by atoms with van der Waals surface area (Å²) in [5.41, 5.74) is 2.86. The molecule has 0 saturated carbocycles. The summed E-state index contributed by atoms with van der Waals surface area (Å²) in [4.78, 5) is 48.8. The number of carbonyl (C=O) groups is 1. The Morgan fingerprint density at radius 3 is 1.94 bits per heavy atom. The summed E-state index contributed by atoms with van der Waals surface area (Å²) in [5.74, 6) is -1.11. The zero-order valence-electron chi connectivity index (χ0n) is 19.9. The molecular weight excluding hydrogens is 480 g/mol. The zero-order valence-corrected chi connectivity index (χ0v) is 21.7. The molecule has 0 aliphatic carbocycles. The van der Waals surface area contributed by atoms with E-state index >= 15 is 0 Å². The predicted octanol–water partition coefficient (Wildman–Crippen LogP) is 5.27. The van der Waals surface area contributed by atoms with Crippen LogP contribution in [0.3, 0.4) is 0 Å². The Hall–Kier alpha value is -1.99. The molecule has 0 saturated heterocycles. The predicted molar refractivity (Wildman–Crippen MR) is 134 cm³/mol. The maximum atomic E-state index is 12.4. The molecule has 34 heavy (non-hydrogen) atoms. The largest absolute Gasteiger partial charge is 0.478 e. The third-order valence-corrected chi connectivity index (χ3v) is 9.91. The minimum Gasteiger partial charge on any atom is -0.478 e. The van der Waals surface area contributed by atoms with Crippen molar-refractivity contribution < 1.29 is 38.6 Å². The number of carboxylic acids is 1. The number of nitrogens with one attached hydrogen (secondary N) is 1. The SMILES string of the molecule is CC(C)=CCC/C(C)=C/CC(C/C=C(\C)CNc1ccccc1C(=O)O)(P(=O)(O)O)P(=O)(O)O. The van der Waals surface area contributed by atoms with Crippen LogP contribution in [-0.2, 0) is 9.13 Å². The lowest BCUT2D eigenvalue weighted by molar-refractivity contribution is 0.0697. The van der Waals surface area contributed by atoms with Crippen molar-refractivity contribution in [3.8, 4) is 0 Å². The van der Waals surface area contributed by atoms with Gasteiger partial charge in [-0.15, -0.1) is 0 Å². The van der Waals surface area contributed by atoms with Gasteiger partial charge >= 0.3 is 21.2 Å². The molecule has 9 nitrogen and oxygen atoms in total. The topological polar surface area (TPSA) is 164 Å². The molecule has 1 rings (SSSR count). The molecule has 0 amide bonds. The number of anilines is 1. The van der Waals surface area contributed by atoms with Gasteiger partial charge in [0.1, 0.15) is 0 Å². The van der Waals surface area contributed by atoms with Crippen molar-refractivity contribution in [1.29, 1.82) is 0 Å². The van der Waals surface area contributed by atoms with Gasteiger partial charge in [0.05, 0.1) is 5.56 Å². The first kappa shape index (κ1) is 30.0. The van der Waals surface area contributed by atoms with Crippen LogP contribution < -0.4 is 5.32 Å². The van der Waals surface area contributed by atoms with Crippen LogP contribution in [0.15, 0.2) is 59.2 Å². The lowest BCUT2D eigenvalue weighted by Crippen LogP contribution is -2.28. The van der Waals surface area contributed by atoms with E-state index in [-0.39, 0.29) is 12.1 Å². The molecule has 11 heteroatoms. The van der Waals surface area contributed by atoms with Gasteiger partial charge in [-0.25, -0.2) is 4.79 Å². The molecule has 0 atom stereocenters. The summed E-state index contributed by atoms with van der Waals surface area (Å²) in [5, 5.41) is 12.2. The maximum Gasteiger partial charge on any atom is 0.344 e. The lowest BCUT2D eigenvalue weighted by atomic mass is 10.1. The number of hydrogen-bond acceptors (Lipinski definition) is 4. The quantitative estimate of drug-likeness (QED) is 0.152. The second-order valence-corrected chi connectivity index (χ2v) is 12.8. The van der Waals surface area contributed by atoms with Crippen LogP contribution in [0.25, 0.3) is 0 Å². The summed E-state index contributed by atoms with van der Waals surface area (Å²) in [7, 11) is -10.5. The molecule has 0 spiro atoms. The molecule has 0 aliphatic rings. The fourth-order valence-electron chi connectivity index (χ4n) is 3.23. The number of carboxylic acid groups (broad SMARTS) is 1. The second kappa shape index (κ2) is 12.6. The Morgan fingerprint density at radius 1 is 0.912 bits per heavy atom. The monoisotopic (exact) mass is 515 g/mol. The Labute approximate surface area is 200 Å². The number of hydrogen-bond donors (Lipinski definition) is 6. The molecule has 0 fully saturated rings. The first-order chi connectivity index (χ1) is 15.6. The van der Waals surface area contributed by atoms with E-state index in [9.17, 15) is 38.6 Å². The average Bonchev–Trinajstić information content (AvgIpc) is 2.70. The molecule has 0 bridgehead atoms. The maximum absolute atomic E-state index is 12.4. The summed E-state index contributed by atoms with van der Waals surface area (Å²) in [6, 6.07) is 6.26. The molecular formula is C23H35NO8P2. The van der Waals surface area contributed by atoms with Gasteiger partial charge in [0, 0.05) is 12.2 Å². The average molecular weight is 515 g/mol. The minimum atomic E-state index is -5.24. The molecule has 1 aromatic rings. The van der Waals surface area contributed by atoms with Crippen LogP contribution in [0.2, 0.25) is 0 Å². The summed E-state index contributed by atoms with van der Waals surface area (Å²) in [6.07, 6.45) is 5.16. The number of allylic oxidation sites excluding steroid dienone is 5. The van der Waals surface area contributed by atoms with Gasteiger partial charge in [0.15, 0.2) is 4.90 Å². The molecule has 6 N–H and O–H groups in total. The Kier molecular flexibility index (Phi) is 11.2. The summed E-state index contributed by atoms with van der Waals surface area (Å²) < 4.78 is 24.8. The van der Waals surface area contributed by atoms with E-state index in [1.54, 1.807) is 32.0 Å². The molecule has 1 aromatic carbocycles. The first-order valence-corrected chi connectivity index (χ1v) is 14.0. The van der Waals surface area contributed by atoms with Crippen molar-refractivity contribution in [2.45, 2.75) is 58.3 Å². The van der Waals surface area contributed by atoms with Crippen LogP contribution in [0.4, 0.5) is 5.69 Å². The van der Waals surface area contributed by atoms with E-state index in [1.807, 2.05) is 19.9 Å². The fourth-order valence-corrected chi connectivity index (χ4v) is 5.90. The molecule has 190 valence electrons. The molecule has 0 unspecified atom stereocenters. The molecule has 0 aromatic heterocycles. The number of benzene rings is 1. The van der Waals surface area contributed by atoms with Crippen LogP contribution in [0.5, 0.6) is 0 Å². The van der Waals surface area contributed by atoms with Crippen molar-refractivity contribution in [1.82, 2.24) is 0 Å². The molecule has 0 radical (unpaired) electrons. The smallest absolute Gasteiger partial charge is 0.344 e. The highest BCUT2D eigenvalue weighted by atomic mass is 31.2. The van der Waals surface area contributed by atoms with Gasteiger partial charge in [0.25, 0.3) is 0 Å². The van der Waals surface area contributed by atoms with E-state index in [0.29, 0.717) is 24.1 Å². The van der Waals surface area contributed by atoms with E-state index in [4.69, 9.17) is 0 Å². The summed E-state index contributed by atoms with van der Waals surface area (Å²) >= 11 is 0. The van der Waals surface area contributed by atoms with Gasteiger partial charge in [-0.3, -0.25) is 9.13 Å². The lowest BCUT2D eigenvalue weighted by Gasteiger charge is -2.33. The summed E-state index contributed by atoms with van der Waals surface area (Å²) in [6.45, 7) is 7.42. The third kappa shape index (κ3) is 8.66. The third-order valence-electron chi connectivity index (χ3n) is 5.45. The second-order valence-electron chi connectivity index (χ2n) is 8.60. The Morgan fingerprint density at radius 2 is 1.44 bits per heavy atom. The fraction of sp³-hybridized carbons (Fsp3) is 0.435. The Bertz CT molecular complexity index is 1020. The Balaban J connectivity index is 3.14. The number of aromatic carboxylic acids is 1. The van der Waals surface area contributed by atoms with Crippen molar-refractivity contribution in [2.24, 2.45) is 0 Å². The normalized spacial score (nSPS) is 13.5. The van der Waals surface area contributed by atoms with Crippen molar-refractivity contribution in [3.05, 3.63) is 64.8 Å². The van der Waals surface area contributed by atoms with Gasteiger partial charge in [0.2, 0.25) is 0 Å². The van der Waals surface area contributed by atoms with Crippen molar-refractivity contribution in [3.63, 3.8) is 0 Å². The highest BCUT2D eigenvalue weighted by Crippen LogP contribution is 2.72. The van der Waals surface area contributed by atoms with Gasteiger partial charge in [-0.05, 0) is 65.5 Å². The van der Waals surface area contributed by atoms with Gasteiger partial charge in [-0.1, -0.05) is 47.1 Å². The highest BCUT2D eigenvalue weighted by molar-refractivity contribution is 7.72. The van der Waals surface area contributed by atoms with E-state index in [0.717, 1.165) is 11.1 Å². The van der Waals surface area contributed by atoms with Crippen molar-refractivity contribution in [2.75, 3.05) is 11.9 Å². The number of rotatable bonds is 13. The van der Waals surface area contributed by atoms with E-state index in [2.05, 4.69) is 5.32 Å². The van der Waals surface area contributed by atoms with Crippen LogP contribution in [-0.4, -0.2) is 42.1 Å².